The maximum Gasteiger partial charge on any atom is 0.243 e. The van der Waals surface area contributed by atoms with Crippen LogP contribution in [0.1, 0.15) is 64.9 Å². The molecule has 22 heavy (non-hydrogen) atoms. The highest BCUT2D eigenvalue weighted by Crippen LogP contribution is 2.18. The van der Waals surface area contributed by atoms with Crippen LogP contribution in [0.2, 0.25) is 0 Å². The zero-order valence-electron chi connectivity index (χ0n) is 14.3. The van der Waals surface area contributed by atoms with Gasteiger partial charge in [-0.25, -0.2) is 8.42 Å². The van der Waals surface area contributed by atoms with Gasteiger partial charge < -0.3 is 0 Å². The maximum absolute atomic E-state index is 12.8. The average Bonchev–Trinajstić information content (AvgIpc) is 2.53. The molecule has 0 fully saturated rings. The molecule has 0 saturated heterocycles. The van der Waals surface area contributed by atoms with Gasteiger partial charge in [-0.1, -0.05) is 58.6 Å². The van der Waals surface area contributed by atoms with Gasteiger partial charge in [0.15, 0.2) is 0 Å². The van der Waals surface area contributed by atoms with Crippen LogP contribution in [0.25, 0.3) is 0 Å². The molecule has 0 radical (unpaired) electrons. The molecule has 0 aliphatic carbocycles. The van der Waals surface area contributed by atoms with Crippen molar-refractivity contribution < 1.29 is 8.42 Å². The van der Waals surface area contributed by atoms with E-state index >= 15 is 0 Å². The first kappa shape index (κ1) is 19.2. The van der Waals surface area contributed by atoms with Gasteiger partial charge in [0.05, 0.1) is 4.90 Å². The van der Waals surface area contributed by atoms with Gasteiger partial charge in [0.2, 0.25) is 10.0 Å². The number of hydrogen-bond acceptors (Lipinski definition) is 2. The first-order valence-corrected chi connectivity index (χ1v) is 10.1. The summed E-state index contributed by atoms with van der Waals surface area (Å²) < 4.78 is 27.4. The van der Waals surface area contributed by atoms with Gasteiger partial charge in [0, 0.05) is 13.1 Å². The van der Waals surface area contributed by atoms with E-state index in [0.717, 1.165) is 44.9 Å². The van der Waals surface area contributed by atoms with E-state index in [0.29, 0.717) is 18.0 Å². The molecule has 0 unspecified atom stereocenters. The Morgan fingerprint density at radius 1 is 0.818 bits per heavy atom. The second kappa shape index (κ2) is 10.0. The number of hydrogen-bond donors (Lipinski definition) is 0. The van der Waals surface area contributed by atoms with Crippen LogP contribution < -0.4 is 0 Å². The first-order valence-electron chi connectivity index (χ1n) is 8.65. The largest absolute Gasteiger partial charge is 0.243 e. The molecule has 3 nitrogen and oxygen atoms in total. The third kappa shape index (κ3) is 5.73. The highest BCUT2D eigenvalue weighted by atomic mass is 32.2. The lowest BCUT2D eigenvalue weighted by Gasteiger charge is -2.22. The van der Waals surface area contributed by atoms with Gasteiger partial charge in [-0.2, -0.15) is 4.31 Å². The normalized spacial score (nSPS) is 12.0. The van der Waals surface area contributed by atoms with Crippen molar-refractivity contribution in [2.75, 3.05) is 13.1 Å². The van der Waals surface area contributed by atoms with Gasteiger partial charge in [0.1, 0.15) is 0 Å². The summed E-state index contributed by atoms with van der Waals surface area (Å²) in [6.45, 7) is 7.62. The lowest BCUT2D eigenvalue weighted by Crippen LogP contribution is -2.33. The van der Waals surface area contributed by atoms with Crippen molar-refractivity contribution >= 4 is 10.0 Å². The molecule has 0 atom stereocenters. The average molecular weight is 326 g/mol. The minimum Gasteiger partial charge on any atom is -0.207 e. The molecule has 0 amide bonds. The number of nitrogens with zero attached hydrogens (tertiary/aromatic N) is 1. The Balaban J connectivity index is 2.86. The van der Waals surface area contributed by atoms with Gasteiger partial charge >= 0.3 is 0 Å². The second-order valence-corrected chi connectivity index (χ2v) is 7.75. The molecule has 1 rings (SSSR count). The van der Waals surface area contributed by atoms with Gasteiger partial charge in [-0.3, -0.25) is 0 Å². The summed E-state index contributed by atoms with van der Waals surface area (Å²) in [5.41, 5.74) is 1.17. The summed E-state index contributed by atoms with van der Waals surface area (Å²) in [6.07, 6.45) is 7.17. The Hall–Kier alpha value is -0.870. The van der Waals surface area contributed by atoms with Crippen molar-refractivity contribution in [3.05, 3.63) is 29.8 Å². The molecule has 0 aliphatic heterocycles. The van der Waals surface area contributed by atoms with Crippen LogP contribution in [0.5, 0.6) is 0 Å². The molecular weight excluding hydrogens is 294 g/mol. The Morgan fingerprint density at radius 2 is 1.32 bits per heavy atom. The van der Waals surface area contributed by atoms with E-state index in [-0.39, 0.29) is 0 Å². The summed E-state index contributed by atoms with van der Waals surface area (Å²) in [5, 5.41) is 0. The van der Waals surface area contributed by atoms with Crippen molar-refractivity contribution in [3.8, 4) is 0 Å². The number of sulfonamides is 1. The van der Waals surface area contributed by atoms with E-state index in [2.05, 4.69) is 20.8 Å². The molecule has 4 heteroatoms. The van der Waals surface area contributed by atoms with E-state index in [9.17, 15) is 8.42 Å². The molecule has 126 valence electrons. The smallest absolute Gasteiger partial charge is 0.207 e. The van der Waals surface area contributed by atoms with Gasteiger partial charge in [-0.05, 0) is 37.0 Å². The summed E-state index contributed by atoms with van der Waals surface area (Å²) in [4.78, 5) is 0.428. The van der Waals surface area contributed by atoms with E-state index in [1.807, 2.05) is 12.1 Å². The third-order valence-electron chi connectivity index (χ3n) is 3.99. The minimum atomic E-state index is -3.35. The van der Waals surface area contributed by atoms with Crippen molar-refractivity contribution in [2.45, 2.75) is 70.6 Å². The molecule has 0 aromatic heterocycles. The fraction of sp³-hybridized carbons (Fsp3) is 0.667. The maximum atomic E-state index is 12.8. The molecule has 0 saturated carbocycles. The molecular formula is C18H31NO2S. The molecule has 0 N–H and O–H groups in total. The van der Waals surface area contributed by atoms with Crippen LogP contribution in [0.4, 0.5) is 0 Å². The zero-order valence-corrected chi connectivity index (χ0v) is 15.2. The van der Waals surface area contributed by atoms with Crippen molar-refractivity contribution in [1.82, 2.24) is 4.31 Å². The predicted octanol–water partition coefficient (Wildman–Crippen LogP) is 4.62. The number of rotatable bonds is 11. The van der Waals surface area contributed by atoms with Crippen LogP contribution >= 0.6 is 0 Å². The van der Waals surface area contributed by atoms with Crippen molar-refractivity contribution in [3.63, 3.8) is 0 Å². The van der Waals surface area contributed by atoms with E-state index in [4.69, 9.17) is 0 Å². The summed E-state index contributed by atoms with van der Waals surface area (Å²) >= 11 is 0. The first-order chi connectivity index (χ1) is 10.6. The van der Waals surface area contributed by atoms with Crippen LogP contribution in [-0.2, 0) is 16.4 Å². The summed E-state index contributed by atoms with van der Waals surface area (Å²) in [6, 6.07) is 7.34. The molecule has 1 aromatic carbocycles. The Bertz CT molecular complexity index is 498. The van der Waals surface area contributed by atoms with E-state index < -0.39 is 10.0 Å². The van der Waals surface area contributed by atoms with E-state index in [1.165, 1.54) is 5.56 Å². The molecule has 1 aromatic rings. The van der Waals surface area contributed by atoms with E-state index in [1.54, 1.807) is 16.4 Å². The Labute approximate surface area is 136 Å². The van der Waals surface area contributed by atoms with Crippen molar-refractivity contribution in [2.24, 2.45) is 0 Å². The fourth-order valence-corrected chi connectivity index (χ4v) is 3.99. The second-order valence-electron chi connectivity index (χ2n) is 5.82. The third-order valence-corrected chi connectivity index (χ3v) is 5.90. The summed E-state index contributed by atoms with van der Waals surface area (Å²) in [5.74, 6) is 0. The number of unbranched alkanes of at least 4 members (excludes halogenated alkanes) is 4. The SMILES string of the molecule is CCCCCN(CCCCC)S(=O)(=O)c1ccc(CC)cc1. The number of benzene rings is 1. The van der Waals surface area contributed by atoms with Crippen LogP contribution in [0.3, 0.4) is 0 Å². The van der Waals surface area contributed by atoms with Crippen LogP contribution in [0.15, 0.2) is 29.2 Å². The fourth-order valence-electron chi connectivity index (χ4n) is 2.47. The zero-order chi connectivity index (χ0) is 16.4. The van der Waals surface area contributed by atoms with Gasteiger partial charge in [-0.15, -0.1) is 0 Å². The predicted molar refractivity (Wildman–Crippen MR) is 93.6 cm³/mol. The quantitative estimate of drug-likeness (QED) is 0.557. The Morgan fingerprint density at radius 3 is 1.73 bits per heavy atom. The monoisotopic (exact) mass is 325 g/mol. The van der Waals surface area contributed by atoms with Crippen LogP contribution in [-0.4, -0.2) is 25.8 Å². The van der Waals surface area contributed by atoms with Crippen molar-refractivity contribution in [1.29, 1.82) is 0 Å². The van der Waals surface area contributed by atoms with Gasteiger partial charge in [0.25, 0.3) is 0 Å². The highest BCUT2D eigenvalue weighted by molar-refractivity contribution is 7.89. The molecule has 0 bridgehead atoms. The van der Waals surface area contributed by atoms with Crippen LogP contribution in [0, 0.1) is 0 Å². The summed E-state index contributed by atoms with van der Waals surface area (Å²) in [7, 11) is -3.35. The number of aryl methyl sites for hydroxylation is 1. The minimum absolute atomic E-state index is 0.428. The lowest BCUT2D eigenvalue weighted by atomic mass is 10.2. The standard InChI is InChI=1S/C18H31NO2S/c1-4-7-9-15-19(16-10-8-5-2)22(20,21)18-13-11-17(6-3)12-14-18/h11-14H,4-10,15-16H2,1-3H3. The lowest BCUT2D eigenvalue weighted by molar-refractivity contribution is 0.388. The molecule has 0 aliphatic rings. The highest BCUT2D eigenvalue weighted by Gasteiger charge is 2.23. The molecule has 0 spiro atoms. The topological polar surface area (TPSA) is 37.4 Å². The Kier molecular flexibility index (Phi) is 8.72. The molecule has 0 heterocycles.